The van der Waals surface area contributed by atoms with Gasteiger partial charge in [-0.25, -0.2) is 0 Å². The van der Waals surface area contributed by atoms with E-state index in [4.69, 9.17) is 5.73 Å². The molecule has 2 aromatic rings. The first kappa shape index (κ1) is 17.2. The summed E-state index contributed by atoms with van der Waals surface area (Å²) in [5.74, 6) is -0.0948. The minimum Gasteiger partial charge on any atom is -0.355 e. The lowest BCUT2D eigenvalue weighted by atomic mass is 10.1. The van der Waals surface area contributed by atoms with Crippen LogP contribution in [0.1, 0.15) is 17.5 Å². The first-order valence-corrected chi connectivity index (χ1v) is 8.05. The largest absolute Gasteiger partial charge is 0.355 e. The molecule has 0 atom stereocenters. The minimum absolute atomic E-state index is 0.0533. The summed E-state index contributed by atoms with van der Waals surface area (Å²) in [5, 5.41) is 2.82. The molecule has 23 heavy (non-hydrogen) atoms. The fourth-order valence-electron chi connectivity index (χ4n) is 2.50. The van der Waals surface area contributed by atoms with Gasteiger partial charge in [-0.2, -0.15) is 0 Å². The lowest BCUT2D eigenvalue weighted by Gasteiger charge is -2.22. The molecule has 0 aliphatic heterocycles. The predicted octanol–water partition coefficient (Wildman–Crippen LogP) is 2.15. The normalized spacial score (nSPS) is 10.7. The molecule has 122 valence electrons. The fourth-order valence-corrected chi connectivity index (χ4v) is 2.50. The average Bonchev–Trinajstić information content (AvgIpc) is 2.60. The Bertz CT molecular complexity index is 530. The monoisotopic (exact) mass is 311 g/mol. The van der Waals surface area contributed by atoms with Gasteiger partial charge >= 0.3 is 0 Å². The zero-order valence-corrected chi connectivity index (χ0v) is 13.4. The van der Waals surface area contributed by atoms with Gasteiger partial charge in [0.15, 0.2) is 0 Å². The van der Waals surface area contributed by atoms with Crippen LogP contribution in [0.25, 0.3) is 0 Å². The van der Waals surface area contributed by atoms with Crippen LogP contribution in [0.4, 0.5) is 0 Å². The van der Waals surface area contributed by atoms with Crippen LogP contribution in [0.5, 0.6) is 0 Å². The van der Waals surface area contributed by atoms with Crippen molar-refractivity contribution in [3.63, 3.8) is 0 Å². The highest BCUT2D eigenvalue weighted by atomic mass is 16.1. The molecule has 0 unspecified atom stereocenters. The van der Waals surface area contributed by atoms with Gasteiger partial charge in [-0.05, 0) is 17.5 Å². The summed E-state index contributed by atoms with van der Waals surface area (Å²) in [4.78, 5) is 13.6. The Morgan fingerprint density at radius 1 is 0.913 bits per heavy atom. The maximum atomic E-state index is 11.2. The van der Waals surface area contributed by atoms with E-state index in [2.05, 4.69) is 58.7 Å². The number of benzene rings is 2. The molecule has 2 aromatic carbocycles. The van der Waals surface area contributed by atoms with Crippen molar-refractivity contribution >= 4 is 5.91 Å². The van der Waals surface area contributed by atoms with Crippen molar-refractivity contribution in [1.82, 2.24) is 10.2 Å². The first-order chi connectivity index (χ1) is 11.3. The molecule has 1 amide bonds. The summed E-state index contributed by atoms with van der Waals surface area (Å²) in [6.07, 6.45) is 0.908. The number of carbonyl (C=O) groups is 1. The molecule has 0 aromatic heterocycles. The molecule has 0 aliphatic carbocycles. The Balaban J connectivity index is 1.89. The molecule has 0 heterocycles. The molecular weight excluding hydrogens is 286 g/mol. The zero-order valence-electron chi connectivity index (χ0n) is 13.4. The standard InChI is InChI=1S/C19H25N3O/c20-14-19(23)21-12-7-13-22(15-17-8-3-1-4-9-17)16-18-10-5-2-6-11-18/h1-6,8-11H,7,12-16,20H2,(H,21,23). The van der Waals surface area contributed by atoms with E-state index >= 15 is 0 Å². The van der Waals surface area contributed by atoms with Crippen LogP contribution in [0.3, 0.4) is 0 Å². The zero-order chi connectivity index (χ0) is 16.3. The SMILES string of the molecule is NCC(=O)NCCCN(Cc1ccccc1)Cc1ccccc1. The third-order valence-corrected chi connectivity index (χ3v) is 3.66. The van der Waals surface area contributed by atoms with Crippen molar-refractivity contribution in [1.29, 1.82) is 0 Å². The number of rotatable bonds is 9. The van der Waals surface area contributed by atoms with Crippen LogP contribution in [-0.2, 0) is 17.9 Å². The van der Waals surface area contributed by atoms with Gasteiger partial charge in [0, 0.05) is 26.2 Å². The van der Waals surface area contributed by atoms with Gasteiger partial charge in [0.1, 0.15) is 0 Å². The quantitative estimate of drug-likeness (QED) is 0.698. The maximum Gasteiger partial charge on any atom is 0.233 e. The molecule has 2 rings (SSSR count). The van der Waals surface area contributed by atoms with E-state index in [1.807, 2.05) is 12.1 Å². The molecule has 0 fully saturated rings. The van der Waals surface area contributed by atoms with Gasteiger partial charge in [0.05, 0.1) is 6.54 Å². The number of nitrogens with two attached hydrogens (primary N) is 1. The van der Waals surface area contributed by atoms with E-state index in [0.717, 1.165) is 26.1 Å². The van der Waals surface area contributed by atoms with Crippen LogP contribution >= 0.6 is 0 Å². The minimum atomic E-state index is -0.0948. The second-order valence-corrected chi connectivity index (χ2v) is 5.59. The fraction of sp³-hybridized carbons (Fsp3) is 0.316. The Morgan fingerprint density at radius 2 is 1.43 bits per heavy atom. The van der Waals surface area contributed by atoms with E-state index in [9.17, 15) is 4.79 Å². The Kier molecular flexibility index (Phi) is 7.30. The van der Waals surface area contributed by atoms with Gasteiger partial charge in [0.25, 0.3) is 0 Å². The molecule has 0 saturated heterocycles. The van der Waals surface area contributed by atoms with E-state index < -0.39 is 0 Å². The Morgan fingerprint density at radius 3 is 1.91 bits per heavy atom. The van der Waals surface area contributed by atoms with Gasteiger partial charge < -0.3 is 11.1 Å². The third kappa shape index (κ3) is 6.63. The smallest absolute Gasteiger partial charge is 0.233 e. The van der Waals surface area contributed by atoms with Crippen molar-refractivity contribution in [2.24, 2.45) is 5.73 Å². The summed E-state index contributed by atoms with van der Waals surface area (Å²) in [6.45, 7) is 3.45. The number of nitrogens with one attached hydrogen (secondary N) is 1. The second kappa shape index (κ2) is 9.77. The van der Waals surface area contributed by atoms with Crippen molar-refractivity contribution in [2.45, 2.75) is 19.5 Å². The van der Waals surface area contributed by atoms with Crippen LogP contribution in [0.2, 0.25) is 0 Å². The van der Waals surface area contributed by atoms with E-state index in [0.29, 0.717) is 6.54 Å². The van der Waals surface area contributed by atoms with Gasteiger partial charge in [-0.1, -0.05) is 60.7 Å². The second-order valence-electron chi connectivity index (χ2n) is 5.59. The summed E-state index contributed by atoms with van der Waals surface area (Å²) in [5.41, 5.74) is 7.90. The van der Waals surface area contributed by atoms with Gasteiger partial charge in [0.2, 0.25) is 5.91 Å². The van der Waals surface area contributed by atoms with Crippen LogP contribution < -0.4 is 11.1 Å². The molecular formula is C19H25N3O. The van der Waals surface area contributed by atoms with Crippen molar-refractivity contribution in [2.75, 3.05) is 19.6 Å². The molecule has 0 aliphatic rings. The number of hydrogen-bond donors (Lipinski definition) is 2. The Labute approximate surface area is 138 Å². The van der Waals surface area contributed by atoms with E-state index in [-0.39, 0.29) is 12.5 Å². The average molecular weight is 311 g/mol. The highest BCUT2D eigenvalue weighted by molar-refractivity contribution is 5.77. The topological polar surface area (TPSA) is 58.4 Å². The van der Waals surface area contributed by atoms with Crippen LogP contribution in [-0.4, -0.2) is 30.4 Å². The predicted molar refractivity (Wildman–Crippen MR) is 93.7 cm³/mol. The third-order valence-electron chi connectivity index (χ3n) is 3.66. The summed E-state index contributed by atoms with van der Waals surface area (Å²) >= 11 is 0. The van der Waals surface area contributed by atoms with Gasteiger partial charge in [-0.15, -0.1) is 0 Å². The Hall–Kier alpha value is -2.17. The van der Waals surface area contributed by atoms with Crippen molar-refractivity contribution < 1.29 is 4.79 Å². The highest BCUT2D eigenvalue weighted by Gasteiger charge is 2.07. The van der Waals surface area contributed by atoms with Gasteiger partial charge in [-0.3, -0.25) is 9.69 Å². The summed E-state index contributed by atoms with van der Waals surface area (Å²) in [7, 11) is 0. The molecule has 0 bridgehead atoms. The van der Waals surface area contributed by atoms with Crippen molar-refractivity contribution in [3.8, 4) is 0 Å². The molecule has 4 nitrogen and oxygen atoms in total. The molecule has 3 N–H and O–H groups in total. The molecule has 0 radical (unpaired) electrons. The first-order valence-electron chi connectivity index (χ1n) is 8.05. The molecule has 0 saturated carbocycles. The number of hydrogen-bond acceptors (Lipinski definition) is 3. The highest BCUT2D eigenvalue weighted by Crippen LogP contribution is 2.10. The molecule has 4 heteroatoms. The summed E-state index contributed by atoms with van der Waals surface area (Å²) in [6, 6.07) is 20.9. The van der Waals surface area contributed by atoms with Crippen LogP contribution in [0.15, 0.2) is 60.7 Å². The number of carbonyl (C=O) groups excluding carboxylic acids is 1. The lowest BCUT2D eigenvalue weighted by molar-refractivity contribution is -0.119. The van der Waals surface area contributed by atoms with E-state index in [1.54, 1.807) is 0 Å². The number of nitrogens with zero attached hydrogens (tertiary/aromatic N) is 1. The van der Waals surface area contributed by atoms with Crippen LogP contribution in [0, 0.1) is 0 Å². The summed E-state index contributed by atoms with van der Waals surface area (Å²) < 4.78 is 0. The van der Waals surface area contributed by atoms with E-state index in [1.165, 1.54) is 11.1 Å². The lowest BCUT2D eigenvalue weighted by Crippen LogP contribution is -2.33. The van der Waals surface area contributed by atoms with Crippen molar-refractivity contribution in [3.05, 3.63) is 71.8 Å². The molecule has 0 spiro atoms. The maximum absolute atomic E-state index is 11.2. The number of amides is 1.